The first kappa shape index (κ1) is 26.1. The van der Waals surface area contributed by atoms with Crippen LogP contribution >= 0.6 is 15.9 Å². The molecule has 2 heteroatoms. The van der Waals surface area contributed by atoms with Gasteiger partial charge in [-0.25, -0.2) is 0 Å². The summed E-state index contributed by atoms with van der Waals surface area (Å²) in [5.74, 6) is 0.443. The molecule has 0 aliphatic heterocycles. The van der Waals surface area contributed by atoms with Crippen LogP contribution in [0.5, 0.6) is 0 Å². The van der Waals surface area contributed by atoms with E-state index in [9.17, 15) is 0 Å². The first-order valence-corrected chi connectivity index (χ1v) is 16.7. The Morgan fingerprint density at radius 3 is 1.74 bits per heavy atom. The Balaban J connectivity index is 1.15. The van der Waals surface area contributed by atoms with Crippen molar-refractivity contribution in [3.63, 3.8) is 0 Å². The summed E-state index contributed by atoms with van der Waals surface area (Å²) < 4.78 is 3.57. The Morgan fingerprint density at radius 2 is 1.00 bits per heavy atom. The first-order valence-electron chi connectivity index (χ1n) is 16.0. The molecule has 0 fully saturated rings. The molecule has 1 aromatic heterocycles. The normalized spacial score (nSPS) is 15.9. The predicted octanol–water partition coefficient (Wildman–Crippen LogP) is 11.9. The molecule has 7 aromatic carbocycles. The highest BCUT2D eigenvalue weighted by Gasteiger charge is 2.43. The molecular weight excluding hydrogens is 622 g/mol. The summed E-state index contributed by atoms with van der Waals surface area (Å²) in [6.07, 6.45) is 0. The van der Waals surface area contributed by atoms with Crippen LogP contribution in [0.1, 0.15) is 45.2 Å². The summed E-state index contributed by atoms with van der Waals surface area (Å²) in [5.41, 5.74) is 17.3. The Labute approximate surface area is 276 Å². The molecule has 46 heavy (non-hydrogen) atoms. The predicted molar refractivity (Wildman–Crippen MR) is 194 cm³/mol. The van der Waals surface area contributed by atoms with Gasteiger partial charge in [0.25, 0.3) is 0 Å². The van der Waals surface area contributed by atoms with Gasteiger partial charge in [0.15, 0.2) is 0 Å². The second-order valence-corrected chi connectivity index (χ2v) is 13.4. The van der Waals surface area contributed by atoms with E-state index in [1.54, 1.807) is 0 Å². The number of nitrogens with zero attached hydrogens (tertiary/aromatic N) is 1. The maximum atomic E-state index is 4.00. The van der Waals surface area contributed by atoms with E-state index in [2.05, 4.69) is 178 Å². The largest absolute Gasteiger partial charge is 0.309 e. The molecule has 3 aliphatic carbocycles. The van der Waals surface area contributed by atoms with Crippen molar-refractivity contribution < 1.29 is 0 Å². The summed E-state index contributed by atoms with van der Waals surface area (Å²) in [6.45, 7) is 0. The van der Waals surface area contributed by atoms with Gasteiger partial charge in [0.2, 0.25) is 0 Å². The number of rotatable bonds is 3. The van der Waals surface area contributed by atoms with Crippen LogP contribution in [0.4, 0.5) is 0 Å². The quantitative estimate of drug-likeness (QED) is 0.179. The third-order valence-electron chi connectivity index (χ3n) is 10.2. The third-order valence-corrected chi connectivity index (χ3v) is 10.9. The summed E-state index contributed by atoms with van der Waals surface area (Å²) in [6, 6.07) is 58.2. The van der Waals surface area contributed by atoms with E-state index in [0.717, 1.165) is 0 Å². The smallest absolute Gasteiger partial charge is 0.0541 e. The van der Waals surface area contributed by atoms with Crippen LogP contribution in [0.2, 0.25) is 0 Å². The van der Waals surface area contributed by atoms with Gasteiger partial charge in [-0.05, 0) is 98.1 Å². The highest BCUT2D eigenvalue weighted by Crippen LogP contribution is 2.59. The molecule has 0 amide bonds. The number of aromatic nitrogens is 1. The lowest BCUT2D eigenvalue weighted by atomic mass is 9.60. The Bertz CT molecular complexity index is 2460. The number of halogens is 1. The molecule has 0 N–H and O–H groups in total. The lowest BCUT2D eigenvalue weighted by Gasteiger charge is -2.43. The summed E-state index contributed by atoms with van der Waals surface area (Å²) in [4.78, 5) is 0. The SMILES string of the molecule is Brc1ccc(-c2cccc(-c3ccc4c(c3)c3ccccc3n4-c3ccccc3)c2)c2c1C1c3ccccc3C2c2ccccc21. The van der Waals surface area contributed by atoms with Crippen LogP contribution in [0.25, 0.3) is 49.7 Å². The number of para-hydroxylation sites is 2. The first-order chi connectivity index (χ1) is 22.8. The third kappa shape index (κ3) is 3.62. The molecule has 8 aromatic rings. The van der Waals surface area contributed by atoms with Crippen molar-refractivity contribution in [1.29, 1.82) is 0 Å². The summed E-state index contributed by atoms with van der Waals surface area (Å²) in [5, 5.41) is 2.54. The minimum atomic E-state index is 0.212. The summed E-state index contributed by atoms with van der Waals surface area (Å²) >= 11 is 4.00. The van der Waals surface area contributed by atoms with Crippen LogP contribution in [-0.4, -0.2) is 4.57 Å². The van der Waals surface area contributed by atoms with E-state index in [1.807, 2.05) is 0 Å². The van der Waals surface area contributed by atoms with Crippen molar-refractivity contribution in [2.24, 2.45) is 0 Å². The van der Waals surface area contributed by atoms with Crippen molar-refractivity contribution in [2.75, 3.05) is 0 Å². The molecule has 0 atom stereocenters. The highest BCUT2D eigenvalue weighted by atomic mass is 79.9. The van der Waals surface area contributed by atoms with E-state index in [1.165, 1.54) is 87.6 Å². The monoisotopic (exact) mass is 649 g/mol. The zero-order valence-electron chi connectivity index (χ0n) is 25.0. The Morgan fingerprint density at radius 1 is 0.413 bits per heavy atom. The minimum Gasteiger partial charge on any atom is -0.309 e. The van der Waals surface area contributed by atoms with E-state index in [0.29, 0.717) is 0 Å². The molecule has 0 saturated heterocycles. The number of benzene rings is 7. The number of fused-ring (bicyclic) bond motifs is 3. The lowest BCUT2D eigenvalue weighted by Crippen LogP contribution is -2.28. The van der Waals surface area contributed by atoms with Crippen molar-refractivity contribution in [2.45, 2.75) is 11.8 Å². The van der Waals surface area contributed by atoms with Crippen molar-refractivity contribution in [1.82, 2.24) is 4.57 Å². The van der Waals surface area contributed by atoms with Gasteiger partial charge in [0, 0.05) is 32.8 Å². The average Bonchev–Trinajstić information content (AvgIpc) is 3.46. The molecule has 216 valence electrons. The number of hydrogen-bond donors (Lipinski definition) is 0. The van der Waals surface area contributed by atoms with Crippen LogP contribution in [0, 0.1) is 0 Å². The van der Waals surface area contributed by atoms with Crippen LogP contribution in [-0.2, 0) is 0 Å². The van der Waals surface area contributed by atoms with Crippen LogP contribution < -0.4 is 0 Å². The van der Waals surface area contributed by atoms with Gasteiger partial charge in [-0.15, -0.1) is 0 Å². The molecule has 0 saturated carbocycles. The van der Waals surface area contributed by atoms with E-state index >= 15 is 0 Å². The molecule has 1 heterocycles. The maximum absolute atomic E-state index is 4.00. The van der Waals surface area contributed by atoms with Gasteiger partial charge in [0.05, 0.1) is 11.0 Å². The molecule has 0 spiro atoms. The average molecular weight is 651 g/mol. The van der Waals surface area contributed by atoms with E-state index in [4.69, 9.17) is 0 Å². The second kappa shape index (κ2) is 9.91. The fraction of sp³-hybridized carbons (Fsp3) is 0.0455. The number of hydrogen-bond acceptors (Lipinski definition) is 0. The van der Waals surface area contributed by atoms with E-state index < -0.39 is 0 Å². The van der Waals surface area contributed by atoms with Gasteiger partial charge in [-0.2, -0.15) is 0 Å². The Hall–Kier alpha value is -5.18. The Kier molecular flexibility index (Phi) is 5.62. The fourth-order valence-corrected chi connectivity index (χ4v) is 8.95. The summed E-state index contributed by atoms with van der Waals surface area (Å²) in [7, 11) is 0. The molecule has 0 radical (unpaired) electrons. The maximum Gasteiger partial charge on any atom is 0.0541 e. The van der Waals surface area contributed by atoms with Gasteiger partial charge >= 0.3 is 0 Å². The van der Waals surface area contributed by atoms with Crippen molar-refractivity contribution in [3.8, 4) is 27.9 Å². The molecule has 2 bridgehead atoms. The molecule has 3 aliphatic rings. The standard InChI is InChI=1S/C44H28BrN/c45-38-23-22-31(43-41-33-16-4-6-18-35(33)42(44(38)43)36-19-7-5-17-34(36)41)29-12-10-11-27(25-29)28-21-24-40-37(26-28)32-15-8-9-20-39(32)46(40)30-13-2-1-3-14-30/h1-26,41-42H. The van der Waals surface area contributed by atoms with Crippen LogP contribution in [0.15, 0.2) is 162 Å². The molecule has 1 nitrogen and oxygen atoms in total. The molecule has 11 rings (SSSR count). The topological polar surface area (TPSA) is 4.93 Å². The zero-order chi connectivity index (χ0) is 30.4. The van der Waals surface area contributed by atoms with Crippen molar-refractivity contribution in [3.05, 3.63) is 196 Å². The second-order valence-electron chi connectivity index (χ2n) is 12.5. The van der Waals surface area contributed by atoms with Gasteiger partial charge < -0.3 is 4.57 Å². The fourth-order valence-electron chi connectivity index (χ4n) is 8.37. The van der Waals surface area contributed by atoms with E-state index in [-0.39, 0.29) is 11.8 Å². The van der Waals surface area contributed by atoms with Gasteiger partial charge in [0.1, 0.15) is 0 Å². The van der Waals surface area contributed by atoms with Gasteiger partial charge in [-0.3, -0.25) is 0 Å². The lowest BCUT2D eigenvalue weighted by molar-refractivity contribution is 0.752. The highest BCUT2D eigenvalue weighted by molar-refractivity contribution is 9.10. The van der Waals surface area contributed by atoms with Crippen LogP contribution in [0.3, 0.4) is 0 Å². The minimum absolute atomic E-state index is 0.212. The van der Waals surface area contributed by atoms with Crippen molar-refractivity contribution >= 4 is 37.7 Å². The molecule has 0 unspecified atom stereocenters. The zero-order valence-corrected chi connectivity index (χ0v) is 26.6. The van der Waals surface area contributed by atoms with Gasteiger partial charge in [-0.1, -0.05) is 131 Å². The molecular formula is C44H28BrN.